The molecule has 0 saturated heterocycles. The Hall–Kier alpha value is -3.10. The van der Waals surface area contributed by atoms with E-state index >= 15 is 0 Å². The number of rotatable bonds is 5. The third kappa shape index (κ3) is 3.39. The SMILES string of the molecule is CCOC(=O)C(=O)c1c(C)c(C(=O)Nc2ccc(F)c(F)c2)n2c1CC(F)C2. The zero-order valence-corrected chi connectivity index (χ0v) is 15.1. The van der Waals surface area contributed by atoms with E-state index in [0.29, 0.717) is 0 Å². The van der Waals surface area contributed by atoms with Crippen LogP contribution in [-0.2, 0) is 22.5 Å². The van der Waals surface area contributed by atoms with Crippen LogP contribution >= 0.6 is 0 Å². The second-order valence-electron chi connectivity index (χ2n) is 6.34. The summed E-state index contributed by atoms with van der Waals surface area (Å²) in [5.41, 5.74) is 0.340. The Bertz CT molecular complexity index is 984. The summed E-state index contributed by atoms with van der Waals surface area (Å²) in [5.74, 6) is -4.99. The molecule has 0 spiro atoms. The Balaban J connectivity index is 2.00. The average molecular weight is 394 g/mol. The molecule has 3 rings (SSSR count). The maximum Gasteiger partial charge on any atom is 0.379 e. The summed E-state index contributed by atoms with van der Waals surface area (Å²) in [6.45, 7) is 2.84. The number of aromatic nitrogens is 1. The minimum absolute atomic E-state index is 0.00509. The average Bonchev–Trinajstić information content (AvgIpc) is 3.11. The van der Waals surface area contributed by atoms with Crippen molar-refractivity contribution in [1.29, 1.82) is 0 Å². The van der Waals surface area contributed by atoms with Crippen LogP contribution in [-0.4, -0.2) is 35.0 Å². The highest BCUT2D eigenvalue weighted by Crippen LogP contribution is 2.31. The monoisotopic (exact) mass is 394 g/mol. The number of alkyl halides is 1. The van der Waals surface area contributed by atoms with E-state index in [-0.39, 0.29) is 47.8 Å². The molecule has 0 fully saturated rings. The number of ether oxygens (including phenoxy) is 1. The molecule has 2 aromatic rings. The van der Waals surface area contributed by atoms with Crippen LogP contribution in [0.3, 0.4) is 0 Å². The van der Waals surface area contributed by atoms with E-state index in [9.17, 15) is 27.6 Å². The summed E-state index contributed by atoms with van der Waals surface area (Å²) in [4.78, 5) is 37.1. The molecule has 0 radical (unpaired) electrons. The van der Waals surface area contributed by atoms with Crippen LogP contribution in [0.4, 0.5) is 18.9 Å². The number of nitrogens with one attached hydrogen (secondary N) is 1. The summed E-state index contributed by atoms with van der Waals surface area (Å²) in [5, 5.41) is 2.40. The predicted octanol–water partition coefficient (Wildman–Crippen LogP) is 2.97. The largest absolute Gasteiger partial charge is 0.460 e. The molecular weight excluding hydrogens is 377 g/mol. The number of ketones is 1. The maximum atomic E-state index is 14.0. The number of Topliss-reactive ketones (excluding diaryl/α,β-unsaturated/α-hetero) is 1. The van der Waals surface area contributed by atoms with Crippen LogP contribution in [0.1, 0.15) is 39.0 Å². The van der Waals surface area contributed by atoms with Gasteiger partial charge in [0.2, 0.25) is 0 Å². The van der Waals surface area contributed by atoms with Crippen molar-refractivity contribution in [3.8, 4) is 0 Å². The smallest absolute Gasteiger partial charge is 0.379 e. The summed E-state index contributed by atoms with van der Waals surface area (Å²) < 4.78 is 46.5. The first kappa shape index (κ1) is 19.7. The summed E-state index contributed by atoms with van der Waals surface area (Å²) in [7, 11) is 0. The standard InChI is InChI=1S/C19H17F3N2O4/c1-3-28-19(27)17(25)15-9(2)16(24-8-10(20)6-14(15)24)18(26)23-11-4-5-12(21)13(22)7-11/h4-5,7,10H,3,6,8H2,1-2H3,(H,23,26). The lowest BCUT2D eigenvalue weighted by molar-refractivity contribution is -0.137. The van der Waals surface area contributed by atoms with E-state index in [2.05, 4.69) is 5.32 Å². The molecule has 1 amide bonds. The minimum atomic E-state index is -1.32. The fourth-order valence-corrected chi connectivity index (χ4v) is 3.35. The number of carbonyl (C=O) groups excluding carboxylic acids is 3. The van der Waals surface area contributed by atoms with Crippen molar-refractivity contribution in [3.63, 3.8) is 0 Å². The number of benzene rings is 1. The highest BCUT2D eigenvalue weighted by atomic mass is 19.2. The Morgan fingerprint density at radius 1 is 1.25 bits per heavy atom. The third-order valence-corrected chi connectivity index (χ3v) is 4.49. The van der Waals surface area contributed by atoms with Gasteiger partial charge in [-0.3, -0.25) is 9.59 Å². The quantitative estimate of drug-likeness (QED) is 0.481. The van der Waals surface area contributed by atoms with Gasteiger partial charge < -0.3 is 14.6 Å². The van der Waals surface area contributed by atoms with Gasteiger partial charge in [0.25, 0.3) is 11.7 Å². The van der Waals surface area contributed by atoms with Gasteiger partial charge in [-0.1, -0.05) is 0 Å². The molecule has 0 bridgehead atoms. The molecular formula is C19H17F3N2O4. The summed E-state index contributed by atoms with van der Waals surface area (Å²) >= 11 is 0. The molecule has 1 aromatic carbocycles. The molecule has 2 heterocycles. The molecule has 1 aromatic heterocycles. The first-order valence-corrected chi connectivity index (χ1v) is 8.58. The number of carbonyl (C=O) groups is 3. The van der Waals surface area contributed by atoms with Crippen LogP contribution in [0.15, 0.2) is 18.2 Å². The molecule has 1 atom stereocenters. The van der Waals surface area contributed by atoms with E-state index in [0.717, 1.165) is 12.1 Å². The van der Waals surface area contributed by atoms with Crippen LogP contribution in [0.2, 0.25) is 0 Å². The molecule has 1 unspecified atom stereocenters. The van der Waals surface area contributed by atoms with Crippen molar-refractivity contribution in [1.82, 2.24) is 4.57 Å². The van der Waals surface area contributed by atoms with Gasteiger partial charge in [0.15, 0.2) is 11.6 Å². The van der Waals surface area contributed by atoms with E-state index < -0.39 is 35.5 Å². The highest BCUT2D eigenvalue weighted by molar-refractivity contribution is 6.41. The topological polar surface area (TPSA) is 77.4 Å². The fourth-order valence-electron chi connectivity index (χ4n) is 3.35. The van der Waals surface area contributed by atoms with Gasteiger partial charge >= 0.3 is 5.97 Å². The first-order chi connectivity index (χ1) is 13.2. The van der Waals surface area contributed by atoms with Crippen molar-refractivity contribution < 1.29 is 32.3 Å². The Morgan fingerprint density at radius 2 is 1.96 bits per heavy atom. The number of hydrogen-bond donors (Lipinski definition) is 1. The van der Waals surface area contributed by atoms with Crippen molar-refractivity contribution in [3.05, 3.63) is 52.3 Å². The van der Waals surface area contributed by atoms with Gasteiger partial charge in [0, 0.05) is 23.9 Å². The second kappa shape index (κ2) is 7.49. The van der Waals surface area contributed by atoms with Gasteiger partial charge in [0.1, 0.15) is 11.9 Å². The maximum absolute atomic E-state index is 14.0. The molecule has 0 saturated carbocycles. The fraction of sp³-hybridized carbons (Fsp3) is 0.316. The zero-order valence-electron chi connectivity index (χ0n) is 15.1. The van der Waals surface area contributed by atoms with Crippen LogP contribution < -0.4 is 5.32 Å². The lowest BCUT2D eigenvalue weighted by Crippen LogP contribution is -2.20. The lowest BCUT2D eigenvalue weighted by atomic mass is 10.0. The van der Waals surface area contributed by atoms with Crippen LogP contribution in [0.5, 0.6) is 0 Å². The second-order valence-corrected chi connectivity index (χ2v) is 6.34. The Kier molecular flexibility index (Phi) is 5.26. The minimum Gasteiger partial charge on any atom is -0.460 e. The highest BCUT2D eigenvalue weighted by Gasteiger charge is 2.36. The molecule has 28 heavy (non-hydrogen) atoms. The summed E-state index contributed by atoms with van der Waals surface area (Å²) in [6, 6.07) is 2.83. The van der Waals surface area contributed by atoms with Crippen LogP contribution in [0.25, 0.3) is 0 Å². The first-order valence-electron chi connectivity index (χ1n) is 8.58. The Labute approximate surface area is 158 Å². The third-order valence-electron chi connectivity index (χ3n) is 4.49. The van der Waals surface area contributed by atoms with Crippen molar-refractivity contribution >= 4 is 23.3 Å². The number of halogens is 3. The lowest BCUT2D eigenvalue weighted by Gasteiger charge is -2.10. The number of fused-ring (bicyclic) bond motifs is 1. The van der Waals surface area contributed by atoms with Crippen molar-refractivity contribution in [2.75, 3.05) is 11.9 Å². The van der Waals surface area contributed by atoms with Gasteiger partial charge in [-0.2, -0.15) is 0 Å². The van der Waals surface area contributed by atoms with Crippen molar-refractivity contribution in [2.24, 2.45) is 0 Å². The van der Waals surface area contributed by atoms with E-state index in [1.807, 2.05) is 0 Å². The molecule has 1 aliphatic heterocycles. The van der Waals surface area contributed by atoms with Crippen molar-refractivity contribution in [2.45, 2.75) is 33.0 Å². The number of amides is 1. The number of esters is 1. The normalized spacial score (nSPS) is 15.2. The molecule has 6 nitrogen and oxygen atoms in total. The molecule has 9 heteroatoms. The predicted molar refractivity (Wildman–Crippen MR) is 93.0 cm³/mol. The number of anilines is 1. The van der Waals surface area contributed by atoms with E-state index in [4.69, 9.17) is 4.74 Å². The molecule has 148 valence electrons. The molecule has 1 N–H and O–H groups in total. The summed E-state index contributed by atoms with van der Waals surface area (Å²) in [6.07, 6.45) is -1.45. The molecule has 0 aliphatic carbocycles. The van der Waals surface area contributed by atoms with Gasteiger partial charge in [-0.05, 0) is 31.5 Å². The number of nitrogens with zero attached hydrogens (tertiary/aromatic N) is 1. The van der Waals surface area contributed by atoms with Gasteiger partial charge in [-0.25, -0.2) is 18.0 Å². The zero-order chi connectivity index (χ0) is 20.6. The number of hydrogen-bond acceptors (Lipinski definition) is 4. The van der Waals surface area contributed by atoms with Gasteiger partial charge in [0.05, 0.1) is 18.7 Å². The molecule has 1 aliphatic rings. The van der Waals surface area contributed by atoms with E-state index in [1.54, 1.807) is 6.92 Å². The van der Waals surface area contributed by atoms with E-state index in [1.165, 1.54) is 17.6 Å². The van der Waals surface area contributed by atoms with Gasteiger partial charge in [-0.15, -0.1) is 0 Å². The Morgan fingerprint density at radius 3 is 2.61 bits per heavy atom. The van der Waals surface area contributed by atoms with Crippen LogP contribution in [0, 0.1) is 18.6 Å².